The van der Waals surface area contributed by atoms with Crippen molar-refractivity contribution in [3.63, 3.8) is 0 Å². The molecule has 2 aliphatic heterocycles. The molecular formula is C12H27ClN2O10. The summed E-state index contributed by atoms with van der Waals surface area (Å²) in [6.07, 6.45) is -9.70. The van der Waals surface area contributed by atoms with Crippen molar-refractivity contribution < 1.29 is 50.3 Å². The molecule has 0 aliphatic carbocycles. The van der Waals surface area contributed by atoms with Crippen LogP contribution in [0.5, 0.6) is 0 Å². The van der Waals surface area contributed by atoms with Crippen LogP contribution in [-0.4, -0.2) is 115 Å². The van der Waals surface area contributed by atoms with E-state index in [9.17, 15) is 20.4 Å². The highest BCUT2D eigenvalue weighted by molar-refractivity contribution is 5.85. The van der Waals surface area contributed by atoms with Crippen molar-refractivity contribution in [2.45, 2.75) is 61.3 Å². The lowest BCUT2D eigenvalue weighted by Gasteiger charge is -2.38. The molecule has 2 fully saturated rings. The summed E-state index contributed by atoms with van der Waals surface area (Å²) in [6.45, 7) is -0.940. The topological polar surface area (TPSA) is 232 Å². The molecule has 2 saturated heterocycles. The predicted molar refractivity (Wildman–Crippen MR) is 83.2 cm³/mol. The normalized spacial score (nSPS) is 47.3. The second-order valence-electron chi connectivity index (χ2n) is 5.61. The SMILES string of the molecule is Cl.N[C@@H]1[C@@H](O)[C@H](O)[C@@H](CO)O[C@H]1O.N[C@@H]1[C@@H](O)[C@H](O)[C@@H](CO)O[C@H]1O. The zero-order valence-electron chi connectivity index (χ0n) is 13.1. The van der Waals surface area contributed by atoms with Crippen LogP contribution >= 0.6 is 12.4 Å². The Morgan fingerprint density at radius 1 is 0.600 bits per heavy atom. The van der Waals surface area contributed by atoms with E-state index in [2.05, 4.69) is 0 Å². The van der Waals surface area contributed by atoms with E-state index in [1.54, 1.807) is 0 Å². The number of halogens is 1. The molecule has 2 heterocycles. The van der Waals surface area contributed by atoms with E-state index in [-0.39, 0.29) is 12.4 Å². The van der Waals surface area contributed by atoms with Gasteiger partial charge in [-0.1, -0.05) is 0 Å². The average molecular weight is 395 g/mol. The van der Waals surface area contributed by atoms with E-state index >= 15 is 0 Å². The lowest BCUT2D eigenvalue weighted by atomic mass is 9.98. The van der Waals surface area contributed by atoms with E-state index in [4.69, 9.17) is 41.4 Å². The summed E-state index contributed by atoms with van der Waals surface area (Å²) in [7, 11) is 0. The highest BCUT2D eigenvalue weighted by Crippen LogP contribution is 2.18. The van der Waals surface area contributed by atoms with Crippen molar-refractivity contribution in [3.05, 3.63) is 0 Å². The molecule has 10 atom stereocenters. The van der Waals surface area contributed by atoms with E-state index in [1.165, 1.54) is 0 Å². The summed E-state index contributed by atoms with van der Waals surface area (Å²) in [6, 6.07) is -2.08. The summed E-state index contributed by atoms with van der Waals surface area (Å²) in [5.41, 5.74) is 10.5. The fourth-order valence-electron chi connectivity index (χ4n) is 2.24. The minimum atomic E-state index is -1.35. The van der Waals surface area contributed by atoms with E-state index in [0.29, 0.717) is 0 Å². The number of rotatable bonds is 2. The second-order valence-corrected chi connectivity index (χ2v) is 5.61. The van der Waals surface area contributed by atoms with Crippen molar-refractivity contribution in [3.8, 4) is 0 Å². The van der Waals surface area contributed by atoms with Crippen LogP contribution in [-0.2, 0) is 9.47 Å². The lowest BCUT2D eigenvalue weighted by molar-refractivity contribution is -0.248. The van der Waals surface area contributed by atoms with E-state index in [0.717, 1.165) is 0 Å². The quantitative estimate of drug-likeness (QED) is 0.211. The molecule has 13 heteroatoms. The van der Waals surface area contributed by atoms with Gasteiger partial charge in [0, 0.05) is 0 Å². The Morgan fingerprint density at radius 2 is 0.880 bits per heavy atom. The number of aliphatic hydroxyl groups is 8. The standard InChI is InChI=1S/2C6H13NO5.ClH/c2*7-3-5(10)4(9)2(1-8)12-6(3)11;/h2*2-6,8-11H,1,7H2;1H/t2*2-,3-,4-,5-,6-;/m11./s1. The van der Waals surface area contributed by atoms with E-state index < -0.39 is 74.5 Å². The molecule has 0 aromatic heterocycles. The number of nitrogens with two attached hydrogens (primary N) is 2. The highest BCUT2D eigenvalue weighted by Gasteiger charge is 2.42. The van der Waals surface area contributed by atoms with Gasteiger partial charge in [-0.25, -0.2) is 0 Å². The first-order valence-electron chi connectivity index (χ1n) is 7.27. The van der Waals surface area contributed by atoms with Crippen LogP contribution in [0.15, 0.2) is 0 Å². The van der Waals surface area contributed by atoms with Gasteiger partial charge >= 0.3 is 0 Å². The molecular weight excluding hydrogens is 368 g/mol. The molecule has 0 aromatic rings. The largest absolute Gasteiger partial charge is 0.394 e. The Labute approximate surface area is 149 Å². The van der Waals surface area contributed by atoms with E-state index in [1.807, 2.05) is 0 Å². The number of hydrogen-bond acceptors (Lipinski definition) is 12. The maximum Gasteiger partial charge on any atom is 0.173 e. The fourth-order valence-corrected chi connectivity index (χ4v) is 2.24. The van der Waals surface area contributed by atoms with Gasteiger partial charge in [0.05, 0.1) is 25.3 Å². The van der Waals surface area contributed by atoms with Gasteiger partial charge < -0.3 is 61.8 Å². The van der Waals surface area contributed by atoms with Gasteiger partial charge in [-0.05, 0) is 0 Å². The fraction of sp³-hybridized carbons (Fsp3) is 1.00. The number of hydrogen-bond donors (Lipinski definition) is 10. The molecule has 0 radical (unpaired) electrons. The van der Waals surface area contributed by atoms with Gasteiger partial charge in [-0.3, -0.25) is 0 Å². The zero-order valence-corrected chi connectivity index (χ0v) is 14.0. The molecule has 0 amide bonds. The van der Waals surface area contributed by atoms with Crippen LogP contribution in [0.3, 0.4) is 0 Å². The molecule has 25 heavy (non-hydrogen) atoms. The molecule has 0 bridgehead atoms. The number of aliphatic hydroxyl groups excluding tert-OH is 8. The summed E-state index contributed by atoms with van der Waals surface area (Å²) >= 11 is 0. The Hall–Kier alpha value is -0.190. The molecule has 0 unspecified atom stereocenters. The molecule has 0 aromatic carbocycles. The summed E-state index contributed by atoms with van der Waals surface area (Å²) < 4.78 is 9.40. The third-order valence-corrected chi connectivity index (χ3v) is 3.90. The van der Waals surface area contributed by atoms with Crippen LogP contribution in [0.4, 0.5) is 0 Å². The highest BCUT2D eigenvalue weighted by atomic mass is 35.5. The summed E-state index contributed by atoms with van der Waals surface area (Å²) in [5, 5.41) is 72.1. The van der Waals surface area contributed by atoms with Crippen LogP contribution in [0, 0.1) is 0 Å². The van der Waals surface area contributed by atoms with Crippen LogP contribution in [0.2, 0.25) is 0 Å². The summed E-state index contributed by atoms with van der Waals surface area (Å²) in [4.78, 5) is 0. The van der Waals surface area contributed by atoms with Gasteiger partial charge in [0.1, 0.15) is 36.6 Å². The number of ether oxygens (including phenoxy) is 2. The second kappa shape index (κ2) is 10.8. The molecule has 0 saturated carbocycles. The van der Waals surface area contributed by atoms with Gasteiger partial charge in [0.15, 0.2) is 12.6 Å². The minimum Gasteiger partial charge on any atom is -0.394 e. The Balaban J connectivity index is 0.000000443. The lowest BCUT2D eigenvalue weighted by Crippen LogP contribution is -2.61. The van der Waals surface area contributed by atoms with Crippen LogP contribution in [0.25, 0.3) is 0 Å². The Kier molecular flexibility index (Phi) is 10.8. The first kappa shape index (κ1) is 24.8. The van der Waals surface area contributed by atoms with Crippen molar-refractivity contribution in [2.75, 3.05) is 13.2 Å². The van der Waals surface area contributed by atoms with Crippen molar-refractivity contribution in [2.24, 2.45) is 11.5 Å². The van der Waals surface area contributed by atoms with Gasteiger partial charge in [0.25, 0.3) is 0 Å². The third kappa shape index (κ3) is 5.90. The van der Waals surface area contributed by atoms with Gasteiger partial charge in [-0.2, -0.15) is 0 Å². The Bertz CT molecular complexity index is 340. The molecule has 2 rings (SSSR count). The smallest absolute Gasteiger partial charge is 0.173 e. The maximum absolute atomic E-state index is 9.20. The summed E-state index contributed by atoms with van der Waals surface area (Å²) in [5.74, 6) is 0. The average Bonchev–Trinajstić information content (AvgIpc) is 2.58. The van der Waals surface area contributed by atoms with Crippen molar-refractivity contribution >= 4 is 12.4 Å². The Morgan fingerprint density at radius 3 is 1.12 bits per heavy atom. The van der Waals surface area contributed by atoms with Crippen LogP contribution in [0.1, 0.15) is 0 Å². The molecule has 152 valence electrons. The minimum absolute atomic E-state index is 0. The third-order valence-electron chi connectivity index (χ3n) is 3.90. The van der Waals surface area contributed by atoms with Crippen molar-refractivity contribution in [1.29, 1.82) is 0 Å². The first-order valence-corrected chi connectivity index (χ1v) is 7.27. The van der Waals surface area contributed by atoms with Gasteiger partial charge in [0.2, 0.25) is 0 Å². The van der Waals surface area contributed by atoms with Crippen LogP contribution < -0.4 is 11.5 Å². The van der Waals surface area contributed by atoms with Gasteiger partial charge in [-0.15, -0.1) is 12.4 Å². The monoisotopic (exact) mass is 394 g/mol. The first-order chi connectivity index (χ1) is 11.1. The maximum atomic E-state index is 9.20. The zero-order chi connectivity index (χ0) is 18.6. The molecule has 2 aliphatic rings. The molecule has 12 N–H and O–H groups in total. The molecule has 12 nitrogen and oxygen atoms in total. The van der Waals surface area contributed by atoms with Crippen molar-refractivity contribution in [1.82, 2.24) is 0 Å². The molecule has 0 spiro atoms. The predicted octanol–water partition coefficient (Wildman–Crippen LogP) is -6.09.